The minimum absolute atomic E-state index is 1.02. The Morgan fingerprint density at radius 3 is 1.98 bits per heavy atom. The number of aromatic nitrogens is 2. The molecular formula is C45H26N2S2. The number of hydrogen-bond donors (Lipinski definition) is 0. The molecule has 0 atom stereocenters. The van der Waals surface area contributed by atoms with Gasteiger partial charge in [0.05, 0.1) is 21.4 Å². The zero-order valence-electron chi connectivity index (χ0n) is 26.2. The van der Waals surface area contributed by atoms with Crippen LogP contribution in [0.1, 0.15) is 0 Å². The summed E-state index contributed by atoms with van der Waals surface area (Å²) in [5.74, 6) is 0. The number of thiophene rings is 2. The molecule has 0 saturated heterocycles. The minimum atomic E-state index is 1.02. The molecule has 7 aromatic carbocycles. The molecular weight excluding hydrogens is 633 g/mol. The molecule has 0 spiro atoms. The molecule has 0 saturated carbocycles. The van der Waals surface area contributed by atoms with Crippen LogP contribution in [0.5, 0.6) is 0 Å². The maximum absolute atomic E-state index is 5.21. The minimum Gasteiger partial charge on any atom is -0.291 e. The fourth-order valence-corrected chi connectivity index (χ4v) is 10.1. The summed E-state index contributed by atoms with van der Waals surface area (Å²) in [5, 5.41) is 7.81. The first-order valence-corrected chi connectivity index (χ1v) is 18.2. The summed E-state index contributed by atoms with van der Waals surface area (Å²) in [6, 6.07) is 57.6. The van der Waals surface area contributed by atoms with Crippen molar-refractivity contribution in [3.8, 4) is 33.5 Å². The predicted octanol–water partition coefficient (Wildman–Crippen LogP) is 13.4. The maximum atomic E-state index is 5.21. The largest absolute Gasteiger partial charge is 0.291 e. The van der Waals surface area contributed by atoms with Gasteiger partial charge in [0.1, 0.15) is 0 Å². The Morgan fingerprint density at radius 2 is 1.12 bits per heavy atom. The molecule has 4 heteroatoms. The quantitative estimate of drug-likeness (QED) is 0.185. The van der Waals surface area contributed by atoms with Gasteiger partial charge in [-0.05, 0) is 68.9 Å². The molecule has 49 heavy (non-hydrogen) atoms. The van der Waals surface area contributed by atoms with Crippen LogP contribution in [0, 0.1) is 0 Å². The lowest BCUT2D eigenvalue weighted by atomic mass is 9.98. The van der Waals surface area contributed by atoms with Crippen molar-refractivity contribution in [1.82, 2.24) is 9.38 Å². The van der Waals surface area contributed by atoms with E-state index in [1.54, 1.807) is 0 Å². The van der Waals surface area contributed by atoms with Gasteiger partial charge in [-0.2, -0.15) is 0 Å². The van der Waals surface area contributed by atoms with Crippen molar-refractivity contribution in [2.45, 2.75) is 0 Å². The van der Waals surface area contributed by atoms with Crippen LogP contribution in [0.2, 0.25) is 0 Å². The van der Waals surface area contributed by atoms with Crippen LogP contribution >= 0.6 is 22.7 Å². The lowest BCUT2D eigenvalue weighted by Crippen LogP contribution is -1.93. The molecule has 0 N–H and O–H groups in total. The normalized spacial score (nSPS) is 12.1. The Balaban J connectivity index is 1.04. The molecule has 2 nitrogen and oxygen atoms in total. The van der Waals surface area contributed by atoms with Crippen LogP contribution in [-0.4, -0.2) is 9.38 Å². The number of para-hydroxylation sites is 2. The van der Waals surface area contributed by atoms with Crippen LogP contribution in [0.15, 0.2) is 158 Å². The third-order valence-corrected chi connectivity index (χ3v) is 12.4. The lowest BCUT2D eigenvalue weighted by molar-refractivity contribution is 1.25. The number of fused-ring (bicyclic) bond motifs is 12. The summed E-state index contributed by atoms with van der Waals surface area (Å²) in [5.41, 5.74) is 10.4. The average Bonchev–Trinajstić information content (AvgIpc) is 3.86. The maximum Gasteiger partial charge on any atom is 0.156 e. The highest BCUT2D eigenvalue weighted by molar-refractivity contribution is 7.27. The Labute approximate surface area is 289 Å². The van der Waals surface area contributed by atoms with Crippen molar-refractivity contribution in [1.29, 1.82) is 0 Å². The highest BCUT2D eigenvalue weighted by atomic mass is 32.1. The van der Waals surface area contributed by atoms with E-state index in [1.807, 2.05) is 22.7 Å². The molecule has 228 valence electrons. The summed E-state index contributed by atoms with van der Waals surface area (Å²) >= 11 is 3.72. The van der Waals surface area contributed by atoms with Crippen LogP contribution in [-0.2, 0) is 0 Å². The molecule has 4 aromatic heterocycles. The molecule has 0 aliphatic heterocycles. The second-order valence-electron chi connectivity index (χ2n) is 12.7. The number of nitrogens with zero attached hydrogens (tertiary/aromatic N) is 2. The van der Waals surface area contributed by atoms with Gasteiger partial charge in [0.15, 0.2) is 5.65 Å². The van der Waals surface area contributed by atoms with Gasteiger partial charge in [0, 0.05) is 35.6 Å². The van der Waals surface area contributed by atoms with Gasteiger partial charge in [0.2, 0.25) is 0 Å². The predicted molar refractivity (Wildman–Crippen MR) is 212 cm³/mol. The van der Waals surface area contributed by atoms with Gasteiger partial charge in [-0.15, -0.1) is 22.7 Å². The van der Waals surface area contributed by atoms with Crippen LogP contribution in [0.3, 0.4) is 0 Å². The SMILES string of the molecule is c1ccc2c(c1)ccc1sc3c(cc(-c4ccc(-c5ccc(-c6cccc7c6sc6ccccc67)cc5)cc4)n4c5ccccc5nc34)c12. The van der Waals surface area contributed by atoms with E-state index in [2.05, 4.69) is 162 Å². The number of benzene rings is 7. The Morgan fingerprint density at radius 1 is 0.449 bits per heavy atom. The van der Waals surface area contributed by atoms with E-state index < -0.39 is 0 Å². The fourth-order valence-electron chi connectivity index (χ4n) is 7.68. The second-order valence-corrected chi connectivity index (χ2v) is 14.8. The van der Waals surface area contributed by atoms with Gasteiger partial charge in [-0.25, -0.2) is 4.98 Å². The van der Waals surface area contributed by atoms with Gasteiger partial charge >= 0.3 is 0 Å². The van der Waals surface area contributed by atoms with E-state index in [0.29, 0.717) is 0 Å². The van der Waals surface area contributed by atoms with Gasteiger partial charge in [0.25, 0.3) is 0 Å². The lowest BCUT2D eigenvalue weighted by Gasteiger charge is -2.11. The Bertz CT molecular complexity index is 3090. The highest BCUT2D eigenvalue weighted by Gasteiger charge is 2.19. The van der Waals surface area contributed by atoms with Gasteiger partial charge in [-0.1, -0.05) is 127 Å². The molecule has 0 fully saturated rings. The molecule has 11 rings (SSSR count). The monoisotopic (exact) mass is 658 g/mol. The Hall–Kier alpha value is -5.81. The zero-order chi connectivity index (χ0) is 32.1. The zero-order valence-corrected chi connectivity index (χ0v) is 27.9. The van der Waals surface area contributed by atoms with E-state index in [-0.39, 0.29) is 0 Å². The number of rotatable bonds is 3. The number of imidazole rings is 1. The van der Waals surface area contributed by atoms with Crippen molar-refractivity contribution < 1.29 is 0 Å². The number of pyridine rings is 1. The molecule has 0 radical (unpaired) electrons. The van der Waals surface area contributed by atoms with Crippen LogP contribution in [0.4, 0.5) is 0 Å². The van der Waals surface area contributed by atoms with Crippen LogP contribution in [0.25, 0.3) is 101 Å². The van der Waals surface area contributed by atoms with E-state index in [4.69, 9.17) is 4.98 Å². The number of hydrogen-bond acceptors (Lipinski definition) is 3. The third kappa shape index (κ3) is 4.02. The first kappa shape index (κ1) is 27.2. The molecule has 0 amide bonds. The van der Waals surface area contributed by atoms with E-state index >= 15 is 0 Å². The smallest absolute Gasteiger partial charge is 0.156 e. The second kappa shape index (κ2) is 10.3. The standard InChI is InChI=1S/C45H26N2S2/c1-2-9-32-29(8-1)24-25-41-42(32)36-26-39(47-38-14-5-4-13-37(38)46-45(47)44(36)49-41)31-22-18-28(19-23-31)27-16-20-30(21-17-27)33-11-7-12-35-34-10-3-6-15-40(34)48-43(33)35/h1-26H. The molecule has 0 unspecified atom stereocenters. The average molecular weight is 659 g/mol. The van der Waals surface area contributed by atoms with Crippen molar-refractivity contribution >= 4 is 90.5 Å². The van der Waals surface area contributed by atoms with Crippen molar-refractivity contribution in [3.63, 3.8) is 0 Å². The molecule has 0 aliphatic rings. The molecule has 4 heterocycles. The molecule has 0 bridgehead atoms. The first-order valence-electron chi connectivity index (χ1n) is 16.5. The molecule has 0 aliphatic carbocycles. The van der Waals surface area contributed by atoms with E-state index in [0.717, 1.165) is 22.4 Å². The summed E-state index contributed by atoms with van der Waals surface area (Å²) in [6.45, 7) is 0. The van der Waals surface area contributed by atoms with Crippen molar-refractivity contribution in [3.05, 3.63) is 158 Å². The van der Waals surface area contributed by atoms with E-state index in [9.17, 15) is 0 Å². The highest BCUT2D eigenvalue weighted by Crippen LogP contribution is 2.44. The van der Waals surface area contributed by atoms with E-state index in [1.165, 1.54) is 78.9 Å². The first-order chi connectivity index (χ1) is 24.3. The van der Waals surface area contributed by atoms with Crippen molar-refractivity contribution in [2.75, 3.05) is 0 Å². The molecule has 11 aromatic rings. The van der Waals surface area contributed by atoms with Crippen LogP contribution < -0.4 is 0 Å². The summed E-state index contributed by atoms with van der Waals surface area (Å²) in [4.78, 5) is 5.21. The third-order valence-electron chi connectivity index (χ3n) is 10.0. The summed E-state index contributed by atoms with van der Waals surface area (Å²) < 4.78 is 7.56. The van der Waals surface area contributed by atoms with Crippen molar-refractivity contribution in [2.24, 2.45) is 0 Å². The fraction of sp³-hybridized carbons (Fsp3) is 0. The topological polar surface area (TPSA) is 17.3 Å². The van der Waals surface area contributed by atoms with Gasteiger partial charge in [-0.3, -0.25) is 4.40 Å². The summed E-state index contributed by atoms with van der Waals surface area (Å²) in [6.07, 6.45) is 0. The summed E-state index contributed by atoms with van der Waals surface area (Å²) in [7, 11) is 0. The Kier molecular flexibility index (Phi) is 5.74. The van der Waals surface area contributed by atoms with Gasteiger partial charge < -0.3 is 0 Å².